The second-order valence-electron chi connectivity index (χ2n) is 8.65. The number of hydrogen-bond acceptors (Lipinski definition) is 2. The van der Waals surface area contributed by atoms with E-state index in [0.717, 1.165) is 24.2 Å². The molecule has 2 atom stereocenters. The van der Waals surface area contributed by atoms with Gasteiger partial charge in [0.15, 0.2) is 0 Å². The lowest BCUT2D eigenvalue weighted by atomic mass is 9.81. The van der Waals surface area contributed by atoms with Crippen LogP contribution in [0.2, 0.25) is 0 Å². The van der Waals surface area contributed by atoms with Crippen LogP contribution in [0, 0.1) is 10.8 Å². The molecule has 0 aromatic rings. The van der Waals surface area contributed by atoms with Gasteiger partial charge in [0.1, 0.15) is 0 Å². The van der Waals surface area contributed by atoms with Crippen LogP contribution in [0.25, 0.3) is 0 Å². The zero-order chi connectivity index (χ0) is 14.5. The summed E-state index contributed by atoms with van der Waals surface area (Å²) >= 11 is 0. The molecule has 2 aliphatic heterocycles. The Bertz CT molecular complexity index is 332. The highest BCUT2D eigenvalue weighted by Gasteiger charge is 2.69. The van der Waals surface area contributed by atoms with Crippen LogP contribution in [0.3, 0.4) is 0 Å². The van der Waals surface area contributed by atoms with E-state index in [9.17, 15) is 0 Å². The first-order chi connectivity index (χ1) is 9.39. The van der Waals surface area contributed by atoms with Crippen LogP contribution in [0.5, 0.6) is 0 Å². The zero-order valence-electron chi connectivity index (χ0n) is 14.2. The standard InChI is InChI=1S/C18H34N2/c1-6-10-19-13-11-14-8-7-9-15(12-13)20(14)16-17(2,3)18(16,4)5/h13-16,19H,6-12H2,1-5H3. The van der Waals surface area contributed by atoms with Crippen LogP contribution in [0.1, 0.15) is 73.1 Å². The summed E-state index contributed by atoms with van der Waals surface area (Å²) in [7, 11) is 0. The van der Waals surface area contributed by atoms with Gasteiger partial charge in [-0.15, -0.1) is 0 Å². The fourth-order valence-electron chi connectivity index (χ4n) is 5.26. The fourth-order valence-corrected chi connectivity index (χ4v) is 5.26. The van der Waals surface area contributed by atoms with Crippen molar-refractivity contribution >= 4 is 0 Å². The maximum Gasteiger partial charge on any atom is 0.0215 e. The second kappa shape index (κ2) is 4.98. The predicted molar refractivity (Wildman–Crippen MR) is 85.9 cm³/mol. The van der Waals surface area contributed by atoms with E-state index >= 15 is 0 Å². The van der Waals surface area contributed by atoms with Crippen molar-refractivity contribution < 1.29 is 0 Å². The predicted octanol–water partition coefficient (Wildman–Crippen LogP) is 3.81. The van der Waals surface area contributed by atoms with Gasteiger partial charge >= 0.3 is 0 Å². The molecule has 2 heterocycles. The summed E-state index contributed by atoms with van der Waals surface area (Å²) < 4.78 is 0. The number of nitrogens with one attached hydrogen (secondary N) is 1. The Kier molecular flexibility index (Phi) is 3.70. The first-order valence-electron chi connectivity index (χ1n) is 8.90. The smallest absolute Gasteiger partial charge is 0.0215 e. The Hall–Kier alpha value is -0.0800. The van der Waals surface area contributed by atoms with Crippen LogP contribution < -0.4 is 5.32 Å². The average Bonchev–Trinajstić information content (AvgIpc) is 2.76. The highest BCUT2D eigenvalue weighted by Crippen LogP contribution is 2.67. The van der Waals surface area contributed by atoms with Crippen LogP contribution in [0.4, 0.5) is 0 Å². The molecule has 3 aliphatic rings. The maximum absolute atomic E-state index is 3.79. The van der Waals surface area contributed by atoms with Crippen molar-refractivity contribution in [2.45, 2.75) is 97.3 Å². The minimum Gasteiger partial charge on any atom is -0.314 e. The van der Waals surface area contributed by atoms with Crippen LogP contribution in [0.15, 0.2) is 0 Å². The van der Waals surface area contributed by atoms with Crippen molar-refractivity contribution in [1.29, 1.82) is 0 Å². The SMILES string of the molecule is CCCNC1CC2CCCC(C1)N2C1C(C)(C)C1(C)C. The topological polar surface area (TPSA) is 15.3 Å². The summed E-state index contributed by atoms with van der Waals surface area (Å²) in [6.45, 7) is 13.4. The van der Waals surface area contributed by atoms with Gasteiger partial charge in [-0.05, 0) is 49.5 Å². The lowest BCUT2D eigenvalue weighted by molar-refractivity contribution is 0.00343. The molecule has 3 fully saturated rings. The number of piperidine rings is 2. The van der Waals surface area contributed by atoms with Gasteiger partial charge in [-0.3, -0.25) is 4.90 Å². The summed E-state index contributed by atoms with van der Waals surface area (Å²) in [5.74, 6) is 0. The first kappa shape index (κ1) is 14.8. The van der Waals surface area contributed by atoms with Crippen molar-refractivity contribution in [3.63, 3.8) is 0 Å². The number of hydrogen-bond donors (Lipinski definition) is 1. The van der Waals surface area contributed by atoms with Gasteiger partial charge in [0, 0.05) is 24.2 Å². The summed E-state index contributed by atoms with van der Waals surface area (Å²) in [5.41, 5.74) is 1.01. The fraction of sp³-hybridized carbons (Fsp3) is 1.00. The van der Waals surface area contributed by atoms with E-state index in [0.29, 0.717) is 10.8 Å². The molecule has 3 rings (SSSR count). The van der Waals surface area contributed by atoms with Crippen LogP contribution >= 0.6 is 0 Å². The van der Waals surface area contributed by atoms with Gasteiger partial charge in [-0.2, -0.15) is 0 Å². The van der Waals surface area contributed by atoms with Gasteiger partial charge in [0.2, 0.25) is 0 Å². The van der Waals surface area contributed by atoms with E-state index in [1.54, 1.807) is 0 Å². The summed E-state index contributed by atoms with van der Waals surface area (Å²) in [6, 6.07) is 3.30. The number of fused-ring (bicyclic) bond motifs is 2. The Labute approximate surface area is 125 Å². The average molecular weight is 278 g/mol. The third-order valence-electron chi connectivity index (χ3n) is 6.96. The number of rotatable bonds is 4. The molecule has 0 aromatic heterocycles. The summed E-state index contributed by atoms with van der Waals surface area (Å²) in [5, 5.41) is 3.79. The molecule has 2 heteroatoms. The Morgan fingerprint density at radius 3 is 2.00 bits per heavy atom. The molecule has 2 nitrogen and oxygen atoms in total. The van der Waals surface area contributed by atoms with E-state index < -0.39 is 0 Å². The third kappa shape index (κ3) is 2.14. The molecule has 0 spiro atoms. The Morgan fingerprint density at radius 2 is 1.55 bits per heavy atom. The first-order valence-corrected chi connectivity index (χ1v) is 8.90. The molecule has 2 unspecified atom stereocenters. The lowest BCUT2D eigenvalue weighted by Crippen LogP contribution is -2.58. The third-order valence-corrected chi connectivity index (χ3v) is 6.96. The van der Waals surface area contributed by atoms with Gasteiger partial charge in [-0.25, -0.2) is 0 Å². The van der Waals surface area contributed by atoms with Crippen molar-refractivity contribution in [2.24, 2.45) is 10.8 Å². The molecular formula is C18H34N2. The minimum atomic E-state index is 0.504. The van der Waals surface area contributed by atoms with E-state index in [4.69, 9.17) is 0 Å². The molecule has 0 radical (unpaired) electrons. The summed E-state index contributed by atoms with van der Waals surface area (Å²) in [6.07, 6.45) is 8.36. The van der Waals surface area contributed by atoms with E-state index in [2.05, 4.69) is 44.8 Å². The normalized spacial score (nSPS) is 39.8. The van der Waals surface area contributed by atoms with E-state index in [1.165, 1.54) is 45.1 Å². The second-order valence-corrected chi connectivity index (χ2v) is 8.65. The Morgan fingerprint density at radius 1 is 1.00 bits per heavy atom. The maximum atomic E-state index is 3.79. The molecule has 0 aromatic carbocycles. The van der Waals surface area contributed by atoms with Gasteiger partial charge in [0.05, 0.1) is 0 Å². The monoisotopic (exact) mass is 278 g/mol. The van der Waals surface area contributed by atoms with Gasteiger partial charge in [-0.1, -0.05) is 41.0 Å². The highest BCUT2D eigenvalue weighted by molar-refractivity contribution is 5.21. The largest absolute Gasteiger partial charge is 0.314 e. The van der Waals surface area contributed by atoms with Crippen molar-refractivity contribution in [3.8, 4) is 0 Å². The summed E-state index contributed by atoms with van der Waals surface area (Å²) in [4.78, 5) is 2.97. The van der Waals surface area contributed by atoms with Crippen molar-refractivity contribution in [1.82, 2.24) is 10.2 Å². The molecule has 1 N–H and O–H groups in total. The van der Waals surface area contributed by atoms with Crippen LogP contribution in [-0.2, 0) is 0 Å². The van der Waals surface area contributed by atoms with Crippen LogP contribution in [-0.4, -0.2) is 35.6 Å². The molecule has 116 valence electrons. The van der Waals surface area contributed by atoms with Gasteiger partial charge < -0.3 is 5.32 Å². The highest BCUT2D eigenvalue weighted by atomic mass is 15.3. The molecule has 20 heavy (non-hydrogen) atoms. The lowest BCUT2D eigenvalue weighted by Gasteiger charge is -2.50. The molecule has 2 bridgehead atoms. The van der Waals surface area contributed by atoms with Crippen molar-refractivity contribution in [3.05, 3.63) is 0 Å². The zero-order valence-corrected chi connectivity index (χ0v) is 14.2. The molecule has 1 saturated carbocycles. The molecular weight excluding hydrogens is 244 g/mol. The minimum absolute atomic E-state index is 0.504. The Balaban J connectivity index is 1.72. The molecule has 1 aliphatic carbocycles. The van der Waals surface area contributed by atoms with E-state index in [1.807, 2.05) is 0 Å². The van der Waals surface area contributed by atoms with E-state index in [-0.39, 0.29) is 0 Å². The quantitative estimate of drug-likeness (QED) is 0.841. The van der Waals surface area contributed by atoms with Crippen molar-refractivity contribution in [2.75, 3.05) is 6.54 Å². The molecule has 0 amide bonds. The van der Waals surface area contributed by atoms with Gasteiger partial charge in [0.25, 0.3) is 0 Å². The number of nitrogens with zero attached hydrogens (tertiary/aromatic N) is 1. The molecule has 2 saturated heterocycles.